The predicted octanol–water partition coefficient (Wildman–Crippen LogP) is 2.82. The van der Waals surface area contributed by atoms with Crippen LogP contribution in [0, 0.1) is 0 Å². The van der Waals surface area contributed by atoms with Gasteiger partial charge in [-0.15, -0.1) is 0 Å². The molecule has 1 rings (SSSR count). The smallest absolute Gasteiger partial charge is 0.227 e. The maximum Gasteiger partial charge on any atom is 0.227 e. The van der Waals surface area contributed by atoms with Crippen molar-refractivity contribution in [3.63, 3.8) is 0 Å². The summed E-state index contributed by atoms with van der Waals surface area (Å²) in [5.74, 6) is 0.734. The lowest BCUT2D eigenvalue weighted by molar-refractivity contribution is -0.130. The van der Waals surface area contributed by atoms with Crippen molar-refractivity contribution in [3.8, 4) is 5.75 Å². The second-order valence-electron chi connectivity index (χ2n) is 5.01. The Morgan fingerprint density at radius 1 is 1.36 bits per heavy atom. The van der Waals surface area contributed by atoms with Gasteiger partial charge in [-0.2, -0.15) is 5.06 Å². The van der Waals surface area contributed by atoms with Crippen LogP contribution < -0.4 is 4.74 Å². The maximum absolute atomic E-state index is 12.3. The molecule has 0 spiro atoms. The summed E-state index contributed by atoms with van der Waals surface area (Å²) in [5.41, 5.74) is 1.55. The Kier molecular flexibility index (Phi) is 7.36. The van der Waals surface area contributed by atoms with Crippen LogP contribution in [0.15, 0.2) is 49.2 Å². The van der Waals surface area contributed by atoms with E-state index in [0.29, 0.717) is 31.6 Å². The molecule has 5 heteroatoms. The molecule has 0 aliphatic carbocycles. The lowest BCUT2D eigenvalue weighted by Crippen LogP contribution is -2.29. The number of nitrogens with zero attached hydrogens (tertiary/aromatic N) is 2. The zero-order valence-electron chi connectivity index (χ0n) is 13.3. The second-order valence-corrected chi connectivity index (χ2v) is 5.01. The monoisotopic (exact) mass is 304 g/mol. The summed E-state index contributed by atoms with van der Waals surface area (Å²) >= 11 is 0. The van der Waals surface area contributed by atoms with E-state index in [-0.39, 0.29) is 5.91 Å². The van der Waals surface area contributed by atoms with Gasteiger partial charge in [0.1, 0.15) is 5.75 Å². The predicted molar refractivity (Wildman–Crippen MR) is 86.5 cm³/mol. The summed E-state index contributed by atoms with van der Waals surface area (Å²) in [4.78, 5) is 13.9. The molecule has 0 bridgehead atoms. The normalized spacial score (nSPS) is 10.4. The number of hydroxylamine groups is 2. The summed E-state index contributed by atoms with van der Waals surface area (Å²) in [6.07, 6.45) is 2.49. The Morgan fingerprint density at radius 2 is 2.00 bits per heavy atom. The van der Waals surface area contributed by atoms with Gasteiger partial charge < -0.3 is 14.8 Å². The molecule has 0 heterocycles. The number of hydrogen-bond acceptors (Lipinski definition) is 4. The fraction of sp³-hybridized carbons (Fsp3) is 0.353. The van der Waals surface area contributed by atoms with Crippen LogP contribution in [0.1, 0.15) is 18.4 Å². The zero-order chi connectivity index (χ0) is 16.5. The largest absolute Gasteiger partial charge is 0.497 e. The van der Waals surface area contributed by atoms with E-state index < -0.39 is 0 Å². The van der Waals surface area contributed by atoms with Crippen molar-refractivity contribution >= 4 is 5.91 Å². The molecule has 0 atom stereocenters. The van der Waals surface area contributed by atoms with Gasteiger partial charge in [0.2, 0.25) is 5.91 Å². The van der Waals surface area contributed by atoms with Crippen molar-refractivity contribution in [2.45, 2.75) is 19.4 Å². The average Bonchev–Trinajstić information content (AvgIpc) is 2.51. The van der Waals surface area contributed by atoms with Gasteiger partial charge in [0.05, 0.1) is 13.7 Å². The number of methoxy groups -OCH3 is 1. The number of benzene rings is 1. The summed E-state index contributed by atoms with van der Waals surface area (Å²) in [6, 6.07) is 7.54. The summed E-state index contributed by atoms with van der Waals surface area (Å²) in [5, 5.41) is 10.2. The molecular formula is C17H24N2O3. The van der Waals surface area contributed by atoms with Crippen LogP contribution in [0.4, 0.5) is 0 Å². The highest BCUT2D eigenvalue weighted by Gasteiger charge is 2.15. The Balaban J connectivity index is 2.72. The minimum Gasteiger partial charge on any atom is -0.497 e. The van der Waals surface area contributed by atoms with E-state index in [9.17, 15) is 4.79 Å². The molecule has 1 aromatic rings. The third-order valence-electron chi connectivity index (χ3n) is 3.26. The van der Waals surface area contributed by atoms with Crippen molar-refractivity contribution in [2.75, 3.05) is 20.7 Å². The molecule has 0 saturated carbocycles. The molecule has 0 aliphatic heterocycles. The highest BCUT2D eigenvalue weighted by Crippen LogP contribution is 2.16. The van der Waals surface area contributed by atoms with E-state index >= 15 is 0 Å². The van der Waals surface area contributed by atoms with Gasteiger partial charge in [0.25, 0.3) is 0 Å². The molecule has 1 N–H and O–H groups in total. The Hall–Kier alpha value is -2.11. The van der Waals surface area contributed by atoms with Crippen LogP contribution in [0.25, 0.3) is 0 Å². The standard InChI is InChI=1S/C17H24N2O3/c1-5-14(2)19(17(20)7-6-12-18(3)21)13-15-8-10-16(22-4)11-9-15/h5,8-11,21H,1-2,6-7,12-13H2,3-4H3. The number of hydrogen-bond donors (Lipinski definition) is 1. The number of carbonyl (C=O) groups is 1. The quantitative estimate of drug-likeness (QED) is 0.563. The minimum absolute atomic E-state index is 0.0393. The van der Waals surface area contributed by atoms with E-state index in [4.69, 9.17) is 9.94 Å². The van der Waals surface area contributed by atoms with E-state index in [0.717, 1.165) is 16.4 Å². The summed E-state index contributed by atoms with van der Waals surface area (Å²) < 4.78 is 5.12. The molecule has 1 amide bonds. The highest BCUT2D eigenvalue weighted by atomic mass is 16.5. The maximum atomic E-state index is 12.3. The number of rotatable bonds is 9. The van der Waals surface area contributed by atoms with Crippen LogP contribution in [0.3, 0.4) is 0 Å². The molecule has 0 radical (unpaired) electrons. The highest BCUT2D eigenvalue weighted by molar-refractivity contribution is 5.78. The first-order valence-electron chi connectivity index (χ1n) is 7.12. The molecule has 0 unspecified atom stereocenters. The zero-order valence-corrected chi connectivity index (χ0v) is 13.3. The Bertz CT molecular complexity index is 509. The van der Waals surface area contributed by atoms with E-state index in [1.165, 1.54) is 0 Å². The molecule has 1 aromatic carbocycles. The van der Waals surface area contributed by atoms with Crippen molar-refractivity contribution in [2.24, 2.45) is 0 Å². The van der Waals surface area contributed by atoms with Gasteiger partial charge in [0.15, 0.2) is 0 Å². The van der Waals surface area contributed by atoms with Gasteiger partial charge in [0, 0.05) is 25.7 Å². The van der Waals surface area contributed by atoms with Crippen LogP contribution in [0.5, 0.6) is 5.75 Å². The van der Waals surface area contributed by atoms with Crippen molar-refractivity contribution < 1.29 is 14.7 Å². The number of ether oxygens (including phenoxy) is 1. The summed E-state index contributed by atoms with van der Waals surface area (Å²) in [7, 11) is 3.17. The molecule has 120 valence electrons. The fourth-order valence-corrected chi connectivity index (χ4v) is 1.97. The third-order valence-corrected chi connectivity index (χ3v) is 3.26. The topological polar surface area (TPSA) is 53.0 Å². The van der Waals surface area contributed by atoms with Crippen LogP contribution in [-0.2, 0) is 11.3 Å². The molecule has 0 aliphatic rings. The van der Waals surface area contributed by atoms with E-state index in [1.807, 2.05) is 24.3 Å². The molecular weight excluding hydrogens is 280 g/mol. The first-order chi connectivity index (χ1) is 10.5. The second kappa shape index (κ2) is 9.02. The fourth-order valence-electron chi connectivity index (χ4n) is 1.97. The van der Waals surface area contributed by atoms with Gasteiger partial charge in [-0.3, -0.25) is 4.79 Å². The summed E-state index contributed by atoms with van der Waals surface area (Å²) in [6.45, 7) is 8.43. The lowest BCUT2D eigenvalue weighted by Gasteiger charge is -2.23. The Labute approximate surface area is 132 Å². The lowest BCUT2D eigenvalue weighted by atomic mass is 10.1. The third kappa shape index (κ3) is 5.71. The first kappa shape index (κ1) is 17.9. The Morgan fingerprint density at radius 3 is 2.50 bits per heavy atom. The van der Waals surface area contributed by atoms with Crippen LogP contribution in [-0.4, -0.2) is 41.8 Å². The molecule has 0 saturated heterocycles. The van der Waals surface area contributed by atoms with E-state index in [2.05, 4.69) is 13.2 Å². The first-order valence-corrected chi connectivity index (χ1v) is 7.12. The van der Waals surface area contributed by atoms with Gasteiger partial charge in [-0.25, -0.2) is 0 Å². The SMILES string of the molecule is C=CC(=C)N(Cc1ccc(OC)cc1)C(=O)CCCN(C)O. The van der Waals surface area contributed by atoms with Crippen molar-refractivity contribution in [3.05, 3.63) is 54.8 Å². The minimum atomic E-state index is -0.0393. The van der Waals surface area contributed by atoms with Gasteiger partial charge in [-0.05, 0) is 30.2 Å². The molecule has 0 fully saturated rings. The van der Waals surface area contributed by atoms with Crippen LogP contribution in [0.2, 0.25) is 0 Å². The van der Waals surface area contributed by atoms with E-state index in [1.54, 1.807) is 25.1 Å². The van der Waals surface area contributed by atoms with Crippen molar-refractivity contribution in [1.29, 1.82) is 0 Å². The molecule has 22 heavy (non-hydrogen) atoms. The number of carbonyl (C=O) groups excluding carboxylic acids is 1. The molecule has 0 aromatic heterocycles. The van der Waals surface area contributed by atoms with Gasteiger partial charge >= 0.3 is 0 Å². The number of allylic oxidation sites excluding steroid dienone is 1. The average molecular weight is 304 g/mol. The van der Waals surface area contributed by atoms with Crippen LogP contribution >= 0.6 is 0 Å². The van der Waals surface area contributed by atoms with Gasteiger partial charge in [-0.1, -0.05) is 25.3 Å². The number of amides is 1. The van der Waals surface area contributed by atoms with Crippen molar-refractivity contribution in [1.82, 2.24) is 9.96 Å². The molecule has 5 nitrogen and oxygen atoms in total.